The summed E-state index contributed by atoms with van der Waals surface area (Å²) >= 11 is 11.2. The second-order valence-electron chi connectivity index (χ2n) is 10.5. The molecule has 0 bridgehead atoms. The lowest BCUT2D eigenvalue weighted by Gasteiger charge is -2.43. The van der Waals surface area contributed by atoms with E-state index >= 15 is 4.39 Å². The number of thiocarbonyl (C=S) groups is 1. The summed E-state index contributed by atoms with van der Waals surface area (Å²) < 4.78 is 15.5. The van der Waals surface area contributed by atoms with E-state index in [-0.39, 0.29) is 10.9 Å². The van der Waals surface area contributed by atoms with Crippen LogP contribution < -0.4 is 21.0 Å². The lowest BCUT2D eigenvalue weighted by atomic mass is 9.75. The highest BCUT2D eigenvalue weighted by Gasteiger charge is 2.32. The Morgan fingerprint density at radius 1 is 1.03 bits per heavy atom. The Balaban J connectivity index is 1.34. The monoisotopic (exact) mass is 542 g/mol. The molecule has 3 aliphatic rings. The maximum atomic E-state index is 15.5. The topological polar surface area (TPSA) is 60.1 Å². The van der Waals surface area contributed by atoms with E-state index in [2.05, 4.69) is 31.3 Å². The number of fused-ring (bicyclic) bond motifs is 1. The van der Waals surface area contributed by atoms with Crippen LogP contribution in [0.5, 0.6) is 0 Å². The Labute approximate surface area is 229 Å². The van der Waals surface area contributed by atoms with E-state index in [9.17, 15) is 0 Å². The van der Waals surface area contributed by atoms with Crippen LogP contribution >= 0.6 is 23.8 Å². The molecule has 198 valence electrons. The molecule has 6 nitrogen and oxygen atoms in total. The third kappa shape index (κ3) is 6.36. The van der Waals surface area contributed by atoms with Gasteiger partial charge in [-0.15, -0.1) is 0 Å². The minimum Gasteiger partial charge on any atom is -0.375 e. The quantitative estimate of drug-likeness (QED) is 0.305. The average molecular weight is 543 g/mol. The molecule has 0 aromatic heterocycles. The van der Waals surface area contributed by atoms with Gasteiger partial charge in [-0.3, -0.25) is 10.3 Å². The van der Waals surface area contributed by atoms with E-state index < -0.39 is 0 Å². The number of nitrogens with zero attached hydrogens (tertiary/aromatic N) is 4. The minimum atomic E-state index is -0.229. The predicted molar refractivity (Wildman–Crippen MR) is 155 cm³/mol. The standard InChI is InChI=1S/C28H36ClFN6S/c29-24-8-4-3-7-22(24)18-34-11-13-35(14-12-34)27-16-26(23(15-25(27)30)17-32-33-28(31)37)36-10-9-20-5-1-2-6-21(20)19-36/h3-4,7-8,15-17,20-21H,1-2,5-6,9-14,18-19H2,(H3,31,33,37)/b32-17+/t20-,21+/m0/s1. The van der Waals surface area contributed by atoms with Crippen molar-refractivity contribution in [2.75, 3.05) is 49.1 Å². The number of nitrogens with one attached hydrogen (secondary N) is 1. The van der Waals surface area contributed by atoms with Gasteiger partial charge in [0.05, 0.1) is 11.9 Å². The van der Waals surface area contributed by atoms with Crippen molar-refractivity contribution < 1.29 is 4.39 Å². The van der Waals surface area contributed by atoms with Gasteiger partial charge >= 0.3 is 0 Å². The van der Waals surface area contributed by atoms with Crippen molar-refractivity contribution in [3.8, 4) is 0 Å². The first-order valence-corrected chi connectivity index (χ1v) is 14.1. The van der Waals surface area contributed by atoms with Gasteiger partial charge in [-0.2, -0.15) is 5.10 Å². The van der Waals surface area contributed by atoms with Crippen molar-refractivity contribution in [2.24, 2.45) is 22.7 Å². The minimum absolute atomic E-state index is 0.0903. The molecule has 0 radical (unpaired) electrons. The zero-order valence-corrected chi connectivity index (χ0v) is 22.8. The number of rotatable bonds is 6. The molecule has 2 atom stereocenters. The van der Waals surface area contributed by atoms with Crippen LogP contribution in [0.25, 0.3) is 0 Å². The second-order valence-corrected chi connectivity index (χ2v) is 11.3. The Kier molecular flexibility index (Phi) is 8.47. The van der Waals surface area contributed by atoms with Gasteiger partial charge in [-0.25, -0.2) is 4.39 Å². The third-order valence-corrected chi connectivity index (χ3v) is 8.63. The number of piperidine rings is 1. The molecule has 2 heterocycles. The Bertz CT molecular complexity index is 1140. The van der Waals surface area contributed by atoms with E-state index in [4.69, 9.17) is 29.6 Å². The lowest BCUT2D eigenvalue weighted by Crippen LogP contribution is -2.46. The fourth-order valence-corrected chi connectivity index (χ4v) is 6.43. The van der Waals surface area contributed by atoms with Crippen LogP contribution in [-0.4, -0.2) is 55.5 Å². The van der Waals surface area contributed by atoms with Gasteiger partial charge in [0.15, 0.2) is 5.11 Å². The van der Waals surface area contributed by atoms with Crippen molar-refractivity contribution in [3.05, 3.63) is 58.4 Å². The zero-order chi connectivity index (χ0) is 25.8. The molecule has 2 aliphatic heterocycles. The Hall–Kier alpha value is -2.42. The highest BCUT2D eigenvalue weighted by molar-refractivity contribution is 7.80. The van der Waals surface area contributed by atoms with Gasteiger partial charge in [0.2, 0.25) is 0 Å². The third-order valence-electron chi connectivity index (χ3n) is 8.17. The average Bonchev–Trinajstić information content (AvgIpc) is 2.90. The maximum absolute atomic E-state index is 15.5. The van der Waals surface area contributed by atoms with Gasteiger partial charge in [0.25, 0.3) is 0 Å². The van der Waals surface area contributed by atoms with Crippen LogP contribution in [0, 0.1) is 17.7 Å². The van der Waals surface area contributed by atoms with Crippen LogP contribution in [-0.2, 0) is 6.54 Å². The van der Waals surface area contributed by atoms with Gasteiger partial charge in [-0.1, -0.05) is 49.1 Å². The molecule has 37 heavy (non-hydrogen) atoms. The number of piperazine rings is 1. The molecular weight excluding hydrogens is 507 g/mol. The lowest BCUT2D eigenvalue weighted by molar-refractivity contribution is 0.202. The summed E-state index contributed by atoms with van der Waals surface area (Å²) in [7, 11) is 0. The molecule has 3 fully saturated rings. The fraction of sp³-hybridized carbons (Fsp3) is 0.500. The molecular formula is C28H36ClFN6S. The highest BCUT2D eigenvalue weighted by atomic mass is 35.5. The first kappa shape index (κ1) is 26.2. The van der Waals surface area contributed by atoms with Crippen LogP contribution in [0.15, 0.2) is 41.5 Å². The summed E-state index contributed by atoms with van der Waals surface area (Å²) in [5.41, 5.74) is 11.7. The molecule has 1 aliphatic carbocycles. The fourth-order valence-electron chi connectivity index (χ4n) is 6.19. The smallest absolute Gasteiger partial charge is 0.184 e. The van der Waals surface area contributed by atoms with E-state index in [1.54, 1.807) is 12.3 Å². The van der Waals surface area contributed by atoms with Crippen LogP contribution in [0.4, 0.5) is 15.8 Å². The first-order chi connectivity index (χ1) is 18.0. The van der Waals surface area contributed by atoms with Crippen molar-refractivity contribution in [1.82, 2.24) is 10.3 Å². The van der Waals surface area contributed by atoms with Crippen molar-refractivity contribution in [2.45, 2.75) is 38.6 Å². The van der Waals surface area contributed by atoms with Gasteiger partial charge in [0.1, 0.15) is 5.82 Å². The van der Waals surface area contributed by atoms with E-state index in [1.165, 1.54) is 32.1 Å². The number of anilines is 2. The molecule has 9 heteroatoms. The molecule has 0 unspecified atom stereocenters. The Morgan fingerprint density at radius 3 is 2.54 bits per heavy atom. The normalized spacial score (nSPS) is 22.8. The number of halogens is 2. The highest BCUT2D eigenvalue weighted by Crippen LogP contribution is 2.39. The number of nitrogens with two attached hydrogens (primary N) is 1. The van der Waals surface area contributed by atoms with Gasteiger partial charge in [-0.05, 0) is 60.7 Å². The van der Waals surface area contributed by atoms with Crippen molar-refractivity contribution >= 4 is 46.5 Å². The Morgan fingerprint density at radius 2 is 1.78 bits per heavy atom. The largest absolute Gasteiger partial charge is 0.375 e. The number of hydrogen-bond acceptors (Lipinski definition) is 5. The molecule has 2 aromatic rings. The number of hydrogen-bond donors (Lipinski definition) is 2. The maximum Gasteiger partial charge on any atom is 0.184 e. The first-order valence-electron chi connectivity index (χ1n) is 13.4. The van der Waals surface area contributed by atoms with E-state index in [0.717, 1.165) is 73.6 Å². The molecule has 5 rings (SSSR count). The van der Waals surface area contributed by atoms with Crippen molar-refractivity contribution in [1.29, 1.82) is 0 Å². The molecule has 2 saturated heterocycles. The predicted octanol–water partition coefficient (Wildman–Crippen LogP) is 4.98. The summed E-state index contributed by atoms with van der Waals surface area (Å²) in [6, 6.07) is 11.6. The van der Waals surface area contributed by atoms with E-state index in [1.807, 2.05) is 24.3 Å². The van der Waals surface area contributed by atoms with Gasteiger partial charge < -0.3 is 15.5 Å². The van der Waals surface area contributed by atoms with Crippen LogP contribution in [0.1, 0.15) is 43.2 Å². The second kappa shape index (κ2) is 12.0. The molecule has 0 spiro atoms. The summed E-state index contributed by atoms with van der Waals surface area (Å²) in [6.07, 6.45) is 8.13. The van der Waals surface area contributed by atoms with Crippen LogP contribution in [0.3, 0.4) is 0 Å². The van der Waals surface area contributed by atoms with Crippen molar-refractivity contribution in [3.63, 3.8) is 0 Å². The van der Waals surface area contributed by atoms with Gasteiger partial charge in [0, 0.05) is 62.1 Å². The zero-order valence-electron chi connectivity index (χ0n) is 21.2. The number of hydrazone groups is 1. The molecule has 1 saturated carbocycles. The molecule has 3 N–H and O–H groups in total. The molecule has 2 aromatic carbocycles. The summed E-state index contributed by atoms with van der Waals surface area (Å²) in [6.45, 7) is 6.06. The van der Waals surface area contributed by atoms with Crippen LogP contribution in [0.2, 0.25) is 5.02 Å². The summed E-state index contributed by atoms with van der Waals surface area (Å²) in [5.74, 6) is 1.31. The summed E-state index contributed by atoms with van der Waals surface area (Å²) in [5, 5.41) is 5.04. The summed E-state index contributed by atoms with van der Waals surface area (Å²) in [4.78, 5) is 6.99. The SMILES string of the molecule is NC(=S)N/N=C/c1cc(F)c(N2CCN(Cc3ccccc3Cl)CC2)cc1N1CC[C@@H]2CCCC[C@@H]2C1. The number of benzene rings is 2. The molecule has 0 amide bonds. The van der Waals surface area contributed by atoms with E-state index in [0.29, 0.717) is 11.6 Å².